The van der Waals surface area contributed by atoms with Crippen LogP contribution in [0.3, 0.4) is 0 Å². The zero-order valence-electron chi connectivity index (χ0n) is 13.4. The van der Waals surface area contributed by atoms with E-state index in [-0.39, 0.29) is 17.0 Å². The first-order valence-electron chi connectivity index (χ1n) is 7.48. The van der Waals surface area contributed by atoms with Gasteiger partial charge in [-0.05, 0) is 24.6 Å². The van der Waals surface area contributed by atoms with Gasteiger partial charge in [-0.25, -0.2) is 0 Å². The first-order valence-corrected chi connectivity index (χ1v) is 7.48. The van der Waals surface area contributed by atoms with E-state index in [0.29, 0.717) is 18.1 Å². The third-order valence-electron chi connectivity index (χ3n) is 3.31. The average Bonchev–Trinajstić information content (AvgIpc) is 3.05. The standard InChI is InChI=1S/C17H15N5O3/c1-11-5-15(22-25-11)21-17(24)14-6-13(9-19-10-14)16(23)20-8-12-3-2-4-18-7-12/h2-7,9-10H,8H2,1H3,(H,20,23)(H,21,22,24). The molecule has 0 aliphatic carbocycles. The van der Waals surface area contributed by atoms with E-state index in [1.165, 1.54) is 18.5 Å². The number of amides is 2. The van der Waals surface area contributed by atoms with Crippen LogP contribution in [0.1, 0.15) is 32.0 Å². The summed E-state index contributed by atoms with van der Waals surface area (Å²) >= 11 is 0. The summed E-state index contributed by atoms with van der Waals surface area (Å²) in [6.07, 6.45) is 6.10. The van der Waals surface area contributed by atoms with Crippen molar-refractivity contribution in [1.29, 1.82) is 0 Å². The Morgan fingerprint density at radius 3 is 2.56 bits per heavy atom. The molecule has 3 rings (SSSR count). The lowest BCUT2D eigenvalue weighted by Crippen LogP contribution is -2.23. The molecule has 0 bridgehead atoms. The normalized spacial score (nSPS) is 10.3. The second-order valence-electron chi connectivity index (χ2n) is 5.28. The molecule has 0 atom stereocenters. The topological polar surface area (TPSA) is 110 Å². The molecule has 2 amide bonds. The second-order valence-corrected chi connectivity index (χ2v) is 5.28. The van der Waals surface area contributed by atoms with Crippen molar-refractivity contribution in [1.82, 2.24) is 20.4 Å². The van der Waals surface area contributed by atoms with Gasteiger partial charge in [0, 0.05) is 37.4 Å². The van der Waals surface area contributed by atoms with Gasteiger partial charge in [-0.2, -0.15) is 0 Å². The molecule has 25 heavy (non-hydrogen) atoms. The Labute approximate surface area is 143 Å². The molecule has 0 aromatic carbocycles. The molecular formula is C17H15N5O3. The quantitative estimate of drug-likeness (QED) is 0.736. The summed E-state index contributed by atoms with van der Waals surface area (Å²) in [5, 5.41) is 9.02. The van der Waals surface area contributed by atoms with Crippen molar-refractivity contribution in [2.24, 2.45) is 0 Å². The average molecular weight is 337 g/mol. The Kier molecular flexibility index (Phi) is 4.79. The first-order chi connectivity index (χ1) is 12.1. The van der Waals surface area contributed by atoms with Crippen LogP contribution in [0.4, 0.5) is 5.82 Å². The summed E-state index contributed by atoms with van der Waals surface area (Å²) in [4.78, 5) is 32.4. The molecule has 0 aliphatic heterocycles. The van der Waals surface area contributed by atoms with E-state index in [4.69, 9.17) is 4.52 Å². The number of carbonyl (C=O) groups excluding carboxylic acids is 2. The van der Waals surface area contributed by atoms with Crippen LogP contribution in [0.15, 0.2) is 53.6 Å². The summed E-state index contributed by atoms with van der Waals surface area (Å²) < 4.78 is 4.89. The van der Waals surface area contributed by atoms with E-state index in [2.05, 4.69) is 25.8 Å². The van der Waals surface area contributed by atoms with Crippen molar-refractivity contribution in [2.45, 2.75) is 13.5 Å². The van der Waals surface area contributed by atoms with Gasteiger partial charge in [0.25, 0.3) is 11.8 Å². The molecule has 0 radical (unpaired) electrons. The zero-order valence-corrected chi connectivity index (χ0v) is 13.4. The largest absolute Gasteiger partial charge is 0.360 e. The van der Waals surface area contributed by atoms with Gasteiger partial charge in [-0.1, -0.05) is 11.2 Å². The molecule has 0 spiro atoms. The van der Waals surface area contributed by atoms with Crippen LogP contribution in [0.5, 0.6) is 0 Å². The SMILES string of the molecule is Cc1cc(NC(=O)c2cncc(C(=O)NCc3cccnc3)c2)no1. The van der Waals surface area contributed by atoms with Gasteiger partial charge in [0.05, 0.1) is 11.1 Å². The molecule has 3 aromatic heterocycles. The molecule has 0 unspecified atom stereocenters. The lowest BCUT2D eigenvalue weighted by molar-refractivity contribution is 0.0950. The predicted molar refractivity (Wildman–Crippen MR) is 88.8 cm³/mol. The summed E-state index contributed by atoms with van der Waals surface area (Å²) in [6, 6.07) is 6.71. The molecule has 0 saturated heterocycles. The number of nitrogens with zero attached hydrogens (tertiary/aromatic N) is 3. The highest BCUT2D eigenvalue weighted by Crippen LogP contribution is 2.10. The van der Waals surface area contributed by atoms with Crippen LogP contribution in [-0.4, -0.2) is 26.9 Å². The molecule has 8 nitrogen and oxygen atoms in total. The number of aromatic nitrogens is 3. The Bertz CT molecular complexity index is 892. The summed E-state index contributed by atoms with van der Waals surface area (Å²) in [6.45, 7) is 2.05. The molecular weight excluding hydrogens is 322 g/mol. The van der Waals surface area contributed by atoms with Gasteiger partial charge >= 0.3 is 0 Å². The Morgan fingerprint density at radius 1 is 1.08 bits per heavy atom. The minimum absolute atomic E-state index is 0.245. The van der Waals surface area contributed by atoms with Gasteiger partial charge in [0.15, 0.2) is 5.82 Å². The fraction of sp³-hybridized carbons (Fsp3) is 0.118. The minimum atomic E-state index is -0.428. The van der Waals surface area contributed by atoms with E-state index in [1.54, 1.807) is 31.5 Å². The fourth-order valence-electron chi connectivity index (χ4n) is 2.09. The predicted octanol–water partition coefficient (Wildman–Crippen LogP) is 1.96. The van der Waals surface area contributed by atoms with Crippen molar-refractivity contribution in [3.63, 3.8) is 0 Å². The zero-order chi connectivity index (χ0) is 17.6. The number of hydrogen-bond donors (Lipinski definition) is 2. The monoisotopic (exact) mass is 337 g/mol. The molecule has 0 fully saturated rings. The van der Waals surface area contributed by atoms with Crippen LogP contribution in [0.25, 0.3) is 0 Å². The number of nitrogens with one attached hydrogen (secondary N) is 2. The van der Waals surface area contributed by atoms with Gasteiger partial charge < -0.3 is 15.2 Å². The van der Waals surface area contributed by atoms with E-state index in [1.807, 2.05) is 6.07 Å². The number of pyridine rings is 2. The molecule has 0 saturated carbocycles. The Balaban J connectivity index is 1.66. The van der Waals surface area contributed by atoms with Crippen LogP contribution < -0.4 is 10.6 Å². The Morgan fingerprint density at radius 2 is 1.88 bits per heavy atom. The van der Waals surface area contributed by atoms with Crippen molar-refractivity contribution >= 4 is 17.6 Å². The molecule has 2 N–H and O–H groups in total. The summed E-state index contributed by atoms with van der Waals surface area (Å²) in [5.74, 6) is 0.122. The number of anilines is 1. The van der Waals surface area contributed by atoms with Gasteiger partial charge in [-0.3, -0.25) is 19.6 Å². The molecule has 3 aromatic rings. The van der Waals surface area contributed by atoms with E-state index < -0.39 is 5.91 Å². The van der Waals surface area contributed by atoms with Crippen LogP contribution in [-0.2, 0) is 6.54 Å². The highest BCUT2D eigenvalue weighted by atomic mass is 16.5. The molecule has 8 heteroatoms. The highest BCUT2D eigenvalue weighted by molar-refractivity contribution is 6.05. The lowest BCUT2D eigenvalue weighted by Gasteiger charge is -2.06. The van der Waals surface area contributed by atoms with Crippen LogP contribution >= 0.6 is 0 Å². The van der Waals surface area contributed by atoms with Crippen molar-refractivity contribution in [2.75, 3.05) is 5.32 Å². The second kappa shape index (κ2) is 7.35. The van der Waals surface area contributed by atoms with Crippen molar-refractivity contribution in [3.8, 4) is 0 Å². The third kappa shape index (κ3) is 4.25. The summed E-state index contributed by atoms with van der Waals surface area (Å²) in [7, 11) is 0. The lowest BCUT2D eigenvalue weighted by atomic mass is 10.2. The van der Waals surface area contributed by atoms with Crippen molar-refractivity contribution < 1.29 is 14.1 Å². The van der Waals surface area contributed by atoms with E-state index in [9.17, 15) is 9.59 Å². The minimum Gasteiger partial charge on any atom is -0.360 e. The van der Waals surface area contributed by atoms with Gasteiger partial charge in [0.2, 0.25) is 0 Å². The van der Waals surface area contributed by atoms with Crippen molar-refractivity contribution in [3.05, 3.63) is 71.5 Å². The summed E-state index contributed by atoms with van der Waals surface area (Å²) in [5.41, 5.74) is 1.40. The molecule has 3 heterocycles. The maximum Gasteiger partial charge on any atom is 0.258 e. The van der Waals surface area contributed by atoms with Gasteiger partial charge in [-0.15, -0.1) is 0 Å². The van der Waals surface area contributed by atoms with Crippen LogP contribution in [0.2, 0.25) is 0 Å². The molecule has 126 valence electrons. The third-order valence-corrected chi connectivity index (χ3v) is 3.31. The number of rotatable bonds is 5. The Hall–Kier alpha value is -3.55. The molecule has 0 aliphatic rings. The highest BCUT2D eigenvalue weighted by Gasteiger charge is 2.13. The van der Waals surface area contributed by atoms with E-state index >= 15 is 0 Å². The smallest absolute Gasteiger partial charge is 0.258 e. The van der Waals surface area contributed by atoms with Gasteiger partial charge in [0.1, 0.15) is 5.76 Å². The first kappa shape index (κ1) is 16.3. The number of carbonyl (C=O) groups is 2. The maximum atomic E-state index is 12.2. The number of hydrogen-bond acceptors (Lipinski definition) is 6. The van der Waals surface area contributed by atoms with E-state index in [0.717, 1.165) is 5.56 Å². The fourth-order valence-corrected chi connectivity index (χ4v) is 2.09. The number of aryl methyl sites for hydroxylation is 1. The maximum absolute atomic E-state index is 12.2. The van der Waals surface area contributed by atoms with Crippen LogP contribution in [0, 0.1) is 6.92 Å².